The van der Waals surface area contributed by atoms with Crippen molar-refractivity contribution in [2.45, 2.75) is 13.5 Å². The molecule has 0 aliphatic carbocycles. The molecule has 2 aromatic carbocycles. The van der Waals surface area contributed by atoms with Gasteiger partial charge in [0.05, 0.1) is 6.61 Å². The number of anilines is 1. The molecule has 0 aliphatic rings. The van der Waals surface area contributed by atoms with Crippen molar-refractivity contribution in [2.24, 2.45) is 0 Å². The molecule has 2 nitrogen and oxygen atoms in total. The molecule has 0 saturated carbocycles. The summed E-state index contributed by atoms with van der Waals surface area (Å²) < 4.78 is 44.9. The Bertz CT molecular complexity index is 561. The molecule has 0 fully saturated rings. The van der Waals surface area contributed by atoms with Gasteiger partial charge in [0.1, 0.15) is 17.3 Å². The molecule has 0 spiro atoms. The number of halogens is 3. The SMILES string of the molecule is CCOc1ccc(CNc2c(F)cc(F)cc2F)cc1. The number of rotatable bonds is 5. The van der Waals surface area contributed by atoms with Gasteiger partial charge >= 0.3 is 0 Å². The van der Waals surface area contributed by atoms with E-state index in [1.54, 1.807) is 24.3 Å². The number of ether oxygens (including phenoxy) is 1. The van der Waals surface area contributed by atoms with E-state index in [2.05, 4.69) is 5.32 Å². The van der Waals surface area contributed by atoms with Crippen LogP contribution in [0.5, 0.6) is 5.75 Å². The first-order valence-electron chi connectivity index (χ1n) is 6.20. The maximum Gasteiger partial charge on any atom is 0.152 e. The standard InChI is InChI=1S/C15H14F3NO/c1-2-20-12-5-3-10(4-6-12)9-19-15-13(17)7-11(16)8-14(15)18/h3-8,19H,2,9H2,1H3. The van der Waals surface area contributed by atoms with Crippen molar-refractivity contribution in [1.29, 1.82) is 0 Å². The Kier molecular flexibility index (Phi) is 4.50. The molecule has 2 rings (SSSR count). The minimum atomic E-state index is -0.951. The molecule has 0 unspecified atom stereocenters. The van der Waals surface area contributed by atoms with Crippen molar-refractivity contribution >= 4 is 5.69 Å². The van der Waals surface area contributed by atoms with E-state index in [9.17, 15) is 13.2 Å². The fourth-order valence-corrected chi connectivity index (χ4v) is 1.77. The molecule has 0 radical (unpaired) electrons. The van der Waals surface area contributed by atoms with Gasteiger partial charge in [-0.2, -0.15) is 0 Å². The Morgan fingerprint density at radius 2 is 1.60 bits per heavy atom. The lowest BCUT2D eigenvalue weighted by molar-refractivity contribution is 0.340. The zero-order valence-electron chi connectivity index (χ0n) is 10.9. The summed E-state index contributed by atoms with van der Waals surface area (Å²) in [6.07, 6.45) is 0. The van der Waals surface area contributed by atoms with Crippen LogP contribution in [0.1, 0.15) is 12.5 Å². The second kappa shape index (κ2) is 6.32. The Labute approximate surface area is 115 Å². The van der Waals surface area contributed by atoms with E-state index in [-0.39, 0.29) is 12.2 Å². The number of hydrogen-bond acceptors (Lipinski definition) is 2. The quantitative estimate of drug-likeness (QED) is 0.890. The van der Waals surface area contributed by atoms with Crippen molar-refractivity contribution in [3.05, 3.63) is 59.4 Å². The highest BCUT2D eigenvalue weighted by atomic mass is 19.1. The molecule has 0 saturated heterocycles. The molecule has 0 aromatic heterocycles. The zero-order valence-corrected chi connectivity index (χ0v) is 10.9. The molecule has 0 aliphatic heterocycles. The van der Waals surface area contributed by atoms with Gasteiger partial charge < -0.3 is 10.1 Å². The van der Waals surface area contributed by atoms with Crippen molar-refractivity contribution in [3.8, 4) is 5.75 Å². The average molecular weight is 281 g/mol. The third kappa shape index (κ3) is 3.44. The molecular formula is C15H14F3NO. The highest BCUT2D eigenvalue weighted by Gasteiger charge is 2.10. The minimum Gasteiger partial charge on any atom is -0.494 e. The Morgan fingerprint density at radius 3 is 2.15 bits per heavy atom. The lowest BCUT2D eigenvalue weighted by atomic mass is 10.2. The lowest BCUT2D eigenvalue weighted by Gasteiger charge is -2.10. The molecule has 20 heavy (non-hydrogen) atoms. The van der Waals surface area contributed by atoms with Crippen LogP contribution in [0.2, 0.25) is 0 Å². The average Bonchev–Trinajstić information content (AvgIpc) is 2.39. The highest BCUT2D eigenvalue weighted by Crippen LogP contribution is 2.21. The van der Waals surface area contributed by atoms with Crippen LogP contribution in [0, 0.1) is 17.5 Å². The fraction of sp³-hybridized carbons (Fsp3) is 0.200. The third-order valence-electron chi connectivity index (χ3n) is 2.71. The van der Waals surface area contributed by atoms with Crippen molar-refractivity contribution in [2.75, 3.05) is 11.9 Å². The van der Waals surface area contributed by atoms with Gasteiger partial charge in [0, 0.05) is 18.7 Å². The van der Waals surface area contributed by atoms with Crippen molar-refractivity contribution < 1.29 is 17.9 Å². The molecule has 106 valence electrons. The van der Waals surface area contributed by atoms with Gasteiger partial charge in [-0.3, -0.25) is 0 Å². The third-order valence-corrected chi connectivity index (χ3v) is 2.71. The van der Waals surface area contributed by atoms with Crippen LogP contribution >= 0.6 is 0 Å². The second-order valence-corrected chi connectivity index (χ2v) is 4.17. The predicted octanol–water partition coefficient (Wildman–Crippen LogP) is 4.11. The molecule has 0 atom stereocenters. The molecular weight excluding hydrogens is 267 g/mol. The fourth-order valence-electron chi connectivity index (χ4n) is 1.77. The first-order chi connectivity index (χ1) is 9.60. The van der Waals surface area contributed by atoms with Gasteiger partial charge in [-0.1, -0.05) is 12.1 Å². The Hall–Kier alpha value is -2.17. The first-order valence-corrected chi connectivity index (χ1v) is 6.20. The molecule has 0 bridgehead atoms. The van der Waals surface area contributed by atoms with Crippen LogP contribution in [0.3, 0.4) is 0 Å². The van der Waals surface area contributed by atoms with E-state index in [4.69, 9.17) is 4.74 Å². The van der Waals surface area contributed by atoms with Gasteiger partial charge in [0.15, 0.2) is 11.6 Å². The van der Waals surface area contributed by atoms with Crippen LogP contribution < -0.4 is 10.1 Å². The number of hydrogen-bond donors (Lipinski definition) is 1. The highest BCUT2D eigenvalue weighted by molar-refractivity contribution is 5.47. The summed E-state index contributed by atoms with van der Waals surface area (Å²) in [4.78, 5) is 0. The summed E-state index contributed by atoms with van der Waals surface area (Å²) in [5.41, 5.74) is 0.497. The number of nitrogens with one attached hydrogen (secondary N) is 1. The van der Waals surface area contributed by atoms with Gasteiger partial charge in [-0.25, -0.2) is 13.2 Å². The largest absolute Gasteiger partial charge is 0.494 e. The molecule has 2 aromatic rings. The van der Waals surface area contributed by atoms with E-state index in [0.717, 1.165) is 11.3 Å². The van der Waals surface area contributed by atoms with Gasteiger partial charge in [-0.05, 0) is 24.6 Å². The van der Waals surface area contributed by atoms with E-state index in [1.165, 1.54) is 0 Å². The molecule has 1 N–H and O–H groups in total. The van der Waals surface area contributed by atoms with Crippen LogP contribution in [0.15, 0.2) is 36.4 Å². The monoisotopic (exact) mass is 281 g/mol. The van der Waals surface area contributed by atoms with Crippen LogP contribution in [0.25, 0.3) is 0 Å². The molecule has 0 amide bonds. The molecule has 0 heterocycles. The van der Waals surface area contributed by atoms with E-state index >= 15 is 0 Å². The lowest BCUT2D eigenvalue weighted by Crippen LogP contribution is -2.04. The van der Waals surface area contributed by atoms with Crippen LogP contribution in [-0.2, 0) is 6.54 Å². The molecule has 5 heteroatoms. The van der Waals surface area contributed by atoms with Crippen LogP contribution in [-0.4, -0.2) is 6.61 Å². The smallest absolute Gasteiger partial charge is 0.152 e. The maximum atomic E-state index is 13.4. The maximum absolute atomic E-state index is 13.4. The summed E-state index contributed by atoms with van der Waals surface area (Å²) in [6.45, 7) is 2.69. The summed E-state index contributed by atoms with van der Waals surface area (Å²) in [5, 5.41) is 2.62. The minimum absolute atomic E-state index is 0.228. The van der Waals surface area contributed by atoms with Crippen molar-refractivity contribution in [1.82, 2.24) is 0 Å². The summed E-state index contributed by atoms with van der Waals surface area (Å²) in [6, 6.07) is 8.41. The summed E-state index contributed by atoms with van der Waals surface area (Å²) >= 11 is 0. The predicted molar refractivity (Wildman–Crippen MR) is 71.3 cm³/mol. The van der Waals surface area contributed by atoms with Crippen LogP contribution in [0.4, 0.5) is 18.9 Å². The van der Waals surface area contributed by atoms with Gasteiger partial charge in [0.2, 0.25) is 0 Å². The number of benzene rings is 2. The summed E-state index contributed by atoms with van der Waals surface area (Å²) in [7, 11) is 0. The van der Waals surface area contributed by atoms with Gasteiger partial charge in [0.25, 0.3) is 0 Å². The topological polar surface area (TPSA) is 21.3 Å². The van der Waals surface area contributed by atoms with E-state index < -0.39 is 17.5 Å². The Morgan fingerprint density at radius 1 is 1.00 bits per heavy atom. The van der Waals surface area contributed by atoms with Gasteiger partial charge in [-0.15, -0.1) is 0 Å². The zero-order chi connectivity index (χ0) is 14.5. The van der Waals surface area contributed by atoms with E-state index in [0.29, 0.717) is 18.7 Å². The first kappa shape index (κ1) is 14.2. The Balaban J connectivity index is 2.05. The second-order valence-electron chi connectivity index (χ2n) is 4.17. The summed E-state index contributed by atoms with van der Waals surface area (Å²) in [5.74, 6) is -2.11. The normalized spacial score (nSPS) is 10.4. The van der Waals surface area contributed by atoms with Crippen molar-refractivity contribution in [3.63, 3.8) is 0 Å². The van der Waals surface area contributed by atoms with E-state index in [1.807, 2.05) is 6.92 Å².